The molecule has 6 aromatic rings. The Hall–Kier alpha value is -4.53. The van der Waals surface area contributed by atoms with Crippen molar-refractivity contribution in [1.29, 1.82) is 0 Å². The molecule has 290 valence electrons. The van der Waals surface area contributed by atoms with Crippen molar-refractivity contribution in [3.8, 4) is 22.3 Å². The zero-order valence-corrected chi connectivity index (χ0v) is 35.8. The maximum atomic E-state index is 2.71. The Morgan fingerprint density at radius 1 is 0.500 bits per heavy atom. The van der Waals surface area contributed by atoms with Crippen LogP contribution in [0.2, 0.25) is 0 Å². The first-order chi connectivity index (χ1) is 27.9. The van der Waals surface area contributed by atoms with Gasteiger partial charge in [0.25, 0.3) is 0 Å². The fraction of sp³-hybridized carbons (Fsp3) is 0.357. The highest BCUT2D eigenvalue weighted by atomic mass is 32.2. The summed E-state index contributed by atoms with van der Waals surface area (Å²) in [6, 6.07) is 50.2. The van der Waals surface area contributed by atoms with Crippen LogP contribution in [0.3, 0.4) is 0 Å². The molecule has 1 aliphatic heterocycles. The number of hydrogen-bond acceptors (Lipinski definition) is 2. The fourth-order valence-electron chi connectivity index (χ4n) is 13.8. The molecule has 5 unspecified atom stereocenters. The second kappa shape index (κ2) is 12.0. The minimum absolute atomic E-state index is 0.0451. The summed E-state index contributed by atoms with van der Waals surface area (Å²) in [7, 11) is 0. The van der Waals surface area contributed by atoms with Crippen molar-refractivity contribution in [2.45, 2.75) is 112 Å². The predicted octanol–water partition coefficient (Wildman–Crippen LogP) is 15.3. The minimum atomic E-state index is -0.0902. The first-order valence-corrected chi connectivity index (χ1v) is 23.0. The van der Waals surface area contributed by atoms with E-state index in [1.54, 1.807) is 11.1 Å². The lowest BCUT2D eigenvalue weighted by Gasteiger charge is -2.50. The Labute approximate surface area is 350 Å². The monoisotopic (exact) mass is 773 g/mol. The van der Waals surface area contributed by atoms with Gasteiger partial charge in [0.1, 0.15) is 0 Å². The zero-order chi connectivity index (χ0) is 39.3. The van der Waals surface area contributed by atoms with Gasteiger partial charge in [0.2, 0.25) is 0 Å². The molecule has 2 heteroatoms. The van der Waals surface area contributed by atoms with Gasteiger partial charge in [-0.2, -0.15) is 0 Å². The molecule has 4 fully saturated rings. The Morgan fingerprint density at radius 3 is 1.95 bits per heavy atom. The van der Waals surface area contributed by atoms with Gasteiger partial charge in [-0.1, -0.05) is 138 Å². The average molecular weight is 774 g/mol. The number of hydrogen-bond donors (Lipinski definition) is 0. The molecule has 1 heterocycles. The third-order valence-corrected chi connectivity index (χ3v) is 17.8. The van der Waals surface area contributed by atoms with E-state index in [9.17, 15) is 0 Å². The first kappa shape index (κ1) is 35.4. The van der Waals surface area contributed by atoms with Crippen LogP contribution in [-0.2, 0) is 21.7 Å². The maximum absolute atomic E-state index is 2.71. The van der Waals surface area contributed by atoms with E-state index in [2.05, 4.69) is 174 Å². The van der Waals surface area contributed by atoms with Crippen molar-refractivity contribution in [2.24, 2.45) is 23.7 Å². The molecule has 1 spiro atoms. The van der Waals surface area contributed by atoms with Gasteiger partial charge in [0, 0.05) is 37.7 Å². The molecule has 7 aliphatic rings. The Morgan fingerprint density at radius 2 is 1.16 bits per heavy atom. The Kier molecular flexibility index (Phi) is 7.35. The summed E-state index contributed by atoms with van der Waals surface area (Å²) in [6.45, 7) is 14.7. The van der Waals surface area contributed by atoms with Crippen molar-refractivity contribution in [1.82, 2.24) is 0 Å². The smallest absolute Gasteiger partial charge is 0.0471 e. The van der Waals surface area contributed by atoms with Gasteiger partial charge < -0.3 is 4.90 Å². The quantitative estimate of drug-likeness (QED) is 0.176. The zero-order valence-electron chi connectivity index (χ0n) is 35.0. The lowest BCUT2D eigenvalue weighted by atomic mass is 9.57. The molecule has 58 heavy (non-hydrogen) atoms. The first-order valence-electron chi connectivity index (χ1n) is 22.2. The average Bonchev–Trinajstić information content (AvgIpc) is 3.74. The van der Waals surface area contributed by atoms with E-state index in [0.717, 1.165) is 11.8 Å². The van der Waals surface area contributed by atoms with E-state index >= 15 is 0 Å². The third kappa shape index (κ3) is 4.73. The number of anilines is 3. The molecule has 0 amide bonds. The van der Waals surface area contributed by atoms with E-state index in [4.69, 9.17) is 0 Å². The van der Waals surface area contributed by atoms with Crippen LogP contribution in [0.15, 0.2) is 137 Å². The van der Waals surface area contributed by atoms with Gasteiger partial charge in [-0.25, -0.2) is 0 Å². The van der Waals surface area contributed by atoms with E-state index < -0.39 is 0 Å². The summed E-state index contributed by atoms with van der Waals surface area (Å²) < 4.78 is 0. The summed E-state index contributed by atoms with van der Waals surface area (Å²) in [5, 5.41) is 0. The maximum Gasteiger partial charge on any atom is 0.0471 e. The van der Waals surface area contributed by atoms with Crippen LogP contribution >= 0.6 is 11.8 Å². The molecule has 0 aromatic heterocycles. The standard InChI is InChI=1S/C56H55NS/c1-53(2)24-25-54(3,4)49-32-39(21-23-45(49)53)57(38-20-22-42-41-16-10-11-17-44(41)55(5,6)48(42)31-38)40-30-43(35-14-8-7-9-15-35)52-50(33-40)56(46-18-12-13-19-51(46)58-52)37-27-34-26-36(29-37)47(56)28-34/h7-23,30-34,36-37,47H,24-29H2,1-6H3. The molecule has 1 nitrogen and oxygen atoms in total. The highest BCUT2D eigenvalue weighted by molar-refractivity contribution is 7.99. The minimum Gasteiger partial charge on any atom is -0.310 e. The van der Waals surface area contributed by atoms with Crippen LogP contribution in [0.25, 0.3) is 22.3 Å². The van der Waals surface area contributed by atoms with E-state index in [1.807, 2.05) is 11.8 Å². The van der Waals surface area contributed by atoms with Crippen molar-refractivity contribution in [3.63, 3.8) is 0 Å². The lowest BCUT2D eigenvalue weighted by molar-refractivity contribution is 0.181. The highest BCUT2D eigenvalue weighted by Crippen LogP contribution is 2.73. The Balaban J connectivity index is 1.15. The number of fused-ring (bicyclic) bond motifs is 6. The van der Waals surface area contributed by atoms with Crippen LogP contribution in [0.1, 0.15) is 113 Å². The van der Waals surface area contributed by atoms with Crippen molar-refractivity contribution in [3.05, 3.63) is 161 Å². The van der Waals surface area contributed by atoms with Crippen LogP contribution in [0, 0.1) is 23.7 Å². The van der Waals surface area contributed by atoms with Gasteiger partial charge >= 0.3 is 0 Å². The summed E-state index contributed by atoms with van der Waals surface area (Å²) in [4.78, 5) is 5.63. The summed E-state index contributed by atoms with van der Waals surface area (Å²) >= 11 is 2.04. The van der Waals surface area contributed by atoms with Crippen molar-refractivity contribution >= 4 is 28.8 Å². The Bertz CT molecular complexity index is 2680. The highest BCUT2D eigenvalue weighted by Gasteiger charge is 2.65. The largest absolute Gasteiger partial charge is 0.310 e. The molecule has 5 atom stereocenters. The number of nitrogens with zero attached hydrogens (tertiary/aromatic N) is 1. The van der Waals surface area contributed by atoms with Gasteiger partial charge in [-0.3, -0.25) is 0 Å². The summed E-state index contributed by atoms with van der Waals surface area (Å²) in [6.07, 6.45) is 7.97. The van der Waals surface area contributed by atoms with Gasteiger partial charge in [-0.15, -0.1) is 0 Å². The van der Waals surface area contributed by atoms with Gasteiger partial charge in [0.05, 0.1) is 0 Å². The normalized spacial score (nSPS) is 26.8. The molecule has 4 bridgehead atoms. The van der Waals surface area contributed by atoms with Crippen LogP contribution in [0.4, 0.5) is 17.1 Å². The molecule has 0 N–H and O–H groups in total. The summed E-state index contributed by atoms with van der Waals surface area (Å²) in [5.41, 5.74) is 18.5. The molecular formula is C56H55NS. The molecule has 6 aromatic carbocycles. The number of benzene rings is 6. The van der Waals surface area contributed by atoms with Gasteiger partial charge in [-0.05, 0) is 171 Å². The third-order valence-electron chi connectivity index (χ3n) is 16.6. The second-order valence-corrected chi connectivity index (χ2v) is 21.9. The summed E-state index contributed by atoms with van der Waals surface area (Å²) in [5.74, 6) is 3.13. The molecule has 13 rings (SSSR count). The number of rotatable bonds is 4. The van der Waals surface area contributed by atoms with Crippen molar-refractivity contribution in [2.75, 3.05) is 4.90 Å². The van der Waals surface area contributed by atoms with Crippen molar-refractivity contribution < 1.29 is 0 Å². The van der Waals surface area contributed by atoms with E-state index in [1.165, 1.54) is 110 Å². The fourth-order valence-corrected chi connectivity index (χ4v) is 15.1. The predicted molar refractivity (Wildman–Crippen MR) is 243 cm³/mol. The SMILES string of the molecule is CC1(C)CCC(C)(C)c2cc(N(c3ccc4c(c3)C(C)(C)c3ccccc3-4)c3cc(-c4ccccc4)c4c(c3)C3(c5ccccc5S4)C4CC5CC(C4)C3C5)ccc21. The molecule has 6 aliphatic carbocycles. The molecule has 0 radical (unpaired) electrons. The lowest BCUT2D eigenvalue weighted by Crippen LogP contribution is -2.44. The second-order valence-electron chi connectivity index (χ2n) is 20.8. The molecule has 4 saturated carbocycles. The van der Waals surface area contributed by atoms with Crippen LogP contribution in [0.5, 0.6) is 0 Å². The van der Waals surface area contributed by atoms with Gasteiger partial charge in [0.15, 0.2) is 0 Å². The molecule has 0 saturated heterocycles. The van der Waals surface area contributed by atoms with E-state index in [0.29, 0.717) is 11.8 Å². The van der Waals surface area contributed by atoms with Crippen LogP contribution in [-0.4, -0.2) is 0 Å². The van der Waals surface area contributed by atoms with E-state index in [-0.39, 0.29) is 21.7 Å². The van der Waals surface area contributed by atoms with Crippen LogP contribution < -0.4 is 4.90 Å². The topological polar surface area (TPSA) is 3.24 Å². The molecular weight excluding hydrogens is 719 g/mol.